The Balaban J connectivity index is 2.19. The van der Waals surface area contributed by atoms with Gasteiger partial charge in [-0.15, -0.1) is 0 Å². The smallest absolute Gasteiger partial charge is 0.349 e. The number of para-hydroxylation sites is 1. The zero-order valence-electron chi connectivity index (χ0n) is 11.0. The van der Waals surface area contributed by atoms with Crippen molar-refractivity contribution >= 4 is 11.9 Å². The third kappa shape index (κ3) is 2.85. The molecule has 0 unspecified atom stereocenters. The number of aromatic hydroxyl groups is 1. The second kappa shape index (κ2) is 6.02. The highest BCUT2D eigenvalue weighted by Crippen LogP contribution is 2.23. The number of phenolic OH excluding ortho intramolecular Hbond substituents is 1. The van der Waals surface area contributed by atoms with E-state index in [1.54, 1.807) is 42.5 Å². The van der Waals surface area contributed by atoms with Gasteiger partial charge in [-0.05, 0) is 30.2 Å². The summed E-state index contributed by atoms with van der Waals surface area (Å²) in [6, 6.07) is 13.0. The second-order valence-corrected chi connectivity index (χ2v) is 4.21. The fraction of sp³-hybridized carbons (Fsp3) is 0.125. The zero-order valence-corrected chi connectivity index (χ0v) is 11.0. The highest BCUT2D eigenvalue weighted by Gasteiger charge is 2.19. The first-order valence-electron chi connectivity index (χ1n) is 6.26. The van der Waals surface area contributed by atoms with Gasteiger partial charge in [-0.25, -0.2) is 9.59 Å². The molecule has 2 aromatic carbocycles. The summed E-state index contributed by atoms with van der Waals surface area (Å²) in [5, 5.41) is 9.93. The lowest BCUT2D eigenvalue weighted by molar-refractivity contribution is 0.0396. The minimum Gasteiger partial charge on any atom is -0.507 e. The molecule has 2 rings (SSSR count). The van der Waals surface area contributed by atoms with Gasteiger partial charge in [-0.1, -0.05) is 37.3 Å². The van der Waals surface area contributed by atoms with E-state index in [2.05, 4.69) is 0 Å². The molecule has 102 valence electrons. The molecule has 0 fully saturated rings. The molecule has 0 amide bonds. The van der Waals surface area contributed by atoms with Crippen LogP contribution in [0.4, 0.5) is 0 Å². The van der Waals surface area contributed by atoms with Crippen LogP contribution in [0.3, 0.4) is 0 Å². The summed E-state index contributed by atoms with van der Waals surface area (Å²) in [6.07, 6.45) is 0.583. The Hall–Kier alpha value is -2.62. The molecule has 0 aliphatic carbocycles. The molecule has 1 N–H and O–H groups in total. The number of hydrogen-bond donors (Lipinski definition) is 1. The predicted octanol–water partition coefficient (Wildman–Crippen LogP) is 2.95. The minimum absolute atomic E-state index is 0.00590. The van der Waals surface area contributed by atoms with Crippen LogP contribution in [0.2, 0.25) is 0 Å². The Morgan fingerprint density at radius 1 is 1.00 bits per heavy atom. The number of esters is 2. The summed E-state index contributed by atoms with van der Waals surface area (Å²) < 4.78 is 4.76. The van der Waals surface area contributed by atoms with Crippen molar-refractivity contribution in [1.29, 1.82) is 0 Å². The summed E-state index contributed by atoms with van der Waals surface area (Å²) >= 11 is 0. The fourth-order valence-electron chi connectivity index (χ4n) is 1.81. The van der Waals surface area contributed by atoms with Gasteiger partial charge in [0.1, 0.15) is 11.3 Å². The van der Waals surface area contributed by atoms with Crippen molar-refractivity contribution in [2.45, 2.75) is 13.3 Å². The van der Waals surface area contributed by atoms with Crippen molar-refractivity contribution in [2.24, 2.45) is 0 Å². The zero-order chi connectivity index (χ0) is 14.5. The molecule has 4 heteroatoms. The second-order valence-electron chi connectivity index (χ2n) is 4.21. The van der Waals surface area contributed by atoms with Crippen LogP contribution in [0.15, 0.2) is 48.5 Å². The normalized spacial score (nSPS) is 10.1. The first-order chi connectivity index (χ1) is 9.63. The molecule has 0 heterocycles. The summed E-state index contributed by atoms with van der Waals surface area (Å²) in [6.45, 7) is 1.86. The average molecular weight is 270 g/mol. The van der Waals surface area contributed by atoms with Gasteiger partial charge < -0.3 is 9.84 Å². The van der Waals surface area contributed by atoms with E-state index in [4.69, 9.17) is 4.74 Å². The molecular weight excluding hydrogens is 256 g/mol. The number of carbonyl (C=O) groups is 2. The van der Waals surface area contributed by atoms with E-state index in [1.807, 2.05) is 6.92 Å². The molecule has 0 atom stereocenters. The Morgan fingerprint density at radius 3 is 2.35 bits per heavy atom. The largest absolute Gasteiger partial charge is 0.507 e. The van der Waals surface area contributed by atoms with Crippen molar-refractivity contribution in [3.63, 3.8) is 0 Å². The fourth-order valence-corrected chi connectivity index (χ4v) is 1.81. The lowest BCUT2D eigenvalue weighted by Crippen LogP contribution is -2.13. The van der Waals surface area contributed by atoms with Gasteiger partial charge >= 0.3 is 11.9 Å². The van der Waals surface area contributed by atoms with E-state index >= 15 is 0 Å². The number of rotatable bonds is 3. The minimum atomic E-state index is -0.855. The third-order valence-corrected chi connectivity index (χ3v) is 2.92. The lowest BCUT2D eigenvalue weighted by Gasteiger charge is -2.07. The van der Waals surface area contributed by atoms with Gasteiger partial charge in [0.05, 0.1) is 5.56 Å². The highest BCUT2D eigenvalue weighted by molar-refractivity contribution is 6.03. The Labute approximate surface area is 116 Å². The SMILES string of the molecule is CCc1cccc(C(=O)OC(=O)c2ccccc2)c1O. The molecular formula is C16H14O4. The summed E-state index contributed by atoms with van der Waals surface area (Å²) in [5.41, 5.74) is 0.909. The maximum Gasteiger partial charge on any atom is 0.349 e. The Morgan fingerprint density at radius 2 is 1.70 bits per heavy atom. The highest BCUT2D eigenvalue weighted by atomic mass is 16.6. The van der Waals surface area contributed by atoms with Crippen molar-refractivity contribution in [2.75, 3.05) is 0 Å². The van der Waals surface area contributed by atoms with Crippen LogP contribution in [0, 0.1) is 0 Å². The monoisotopic (exact) mass is 270 g/mol. The van der Waals surface area contributed by atoms with Gasteiger partial charge in [0, 0.05) is 0 Å². The Bertz CT molecular complexity index is 632. The third-order valence-electron chi connectivity index (χ3n) is 2.92. The number of phenols is 1. The lowest BCUT2D eigenvalue weighted by atomic mass is 10.1. The molecule has 0 radical (unpaired) electrons. The van der Waals surface area contributed by atoms with E-state index in [1.165, 1.54) is 6.07 Å². The van der Waals surface area contributed by atoms with Crippen molar-refractivity contribution in [1.82, 2.24) is 0 Å². The molecule has 2 aromatic rings. The van der Waals surface area contributed by atoms with Gasteiger partial charge in [0.25, 0.3) is 0 Å². The molecule has 0 bridgehead atoms. The maximum absolute atomic E-state index is 11.9. The first kappa shape index (κ1) is 13.8. The number of benzene rings is 2. The topological polar surface area (TPSA) is 63.6 Å². The van der Waals surface area contributed by atoms with Crippen molar-refractivity contribution in [3.05, 3.63) is 65.2 Å². The predicted molar refractivity (Wildman–Crippen MR) is 73.7 cm³/mol. The van der Waals surface area contributed by atoms with Crippen molar-refractivity contribution < 1.29 is 19.4 Å². The number of aryl methyl sites for hydroxylation is 1. The average Bonchev–Trinajstić information content (AvgIpc) is 2.48. The van der Waals surface area contributed by atoms with Crippen LogP contribution in [-0.2, 0) is 11.2 Å². The van der Waals surface area contributed by atoms with Crippen LogP contribution >= 0.6 is 0 Å². The molecule has 0 spiro atoms. The summed E-state index contributed by atoms with van der Waals surface area (Å²) in [4.78, 5) is 23.7. The van der Waals surface area contributed by atoms with Crippen LogP contribution in [0.25, 0.3) is 0 Å². The van der Waals surface area contributed by atoms with Gasteiger partial charge in [-0.3, -0.25) is 0 Å². The van der Waals surface area contributed by atoms with Crippen LogP contribution < -0.4 is 0 Å². The number of ether oxygens (including phenoxy) is 1. The van der Waals surface area contributed by atoms with E-state index < -0.39 is 11.9 Å². The van der Waals surface area contributed by atoms with Gasteiger partial charge in [0.15, 0.2) is 0 Å². The molecule has 0 saturated heterocycles. The van der Waals surface area contributed by atoms with E-state index in [0.29, 0.717) is 12.0 Å². The quantitative estimate of drug-likeness (QED) is 0.688. The van der Waals surface area contributed by atoms with E-state index in [0.717, 1.165) is 0 Å². The first-order valence-corrected chi connectivity index (χ1v) is 6.26. The molecule has 20 heavy (non-hydrogen) atoms. The van der Waals surface area contributed by atoms with E-state index in [-0.39, 0.29) is 16.9 Å². The molecule has 0 aliphatic rings. The summed E-state index contributed by atoms with van der Waals surface area (Å²) in [5.74, 6) is -1.73. The molecule has 0 saturated carbocycles. The standard InChI is InChI=1S/C16H14O4/c1-2-11-9-6-10-13(14(11)17)16(19)20-15(18)12-7-4-3-5-8-12/h3-10,17H,2H2,1H3. The summed E-state index contributed by atoms with van der Waals surface area (Å²) in [7, 11) is 0. The molecule has 4 nitrogen and oxygen atoms in total. The van der Waals surface area contributed by atoms with Crippen LogP contribution in [0.5, 0.6) is 5.75 Å². The van der Waals surface area contributed by atoms with Crippen molar-refractivity contribution in [3.8, 4) is 5.75 Å². The molecule has 0 aliphatic heterocycles. The molecule has 0 aromatic heterocycles. The van der Waals surface area contributed by atoms with E-state index in [9.17, 15) is 14.7 Å². The maximum atomic E-state index is 11.9. The Kier molecular flexibility index (Phi) is 4.15. The van der Waals surface area contributed by atoms with Crippen LogP contribution in [0.1, 0.15) is 33.2 Å². The number of carbonyl (C=O) groups excluding carboxylic acids is 2. The van der Waals surface area contributed by atoms with Gasteiger partial charge in [-0.2, -0.15) is 0 Å². The number of hydrogen-bond acceptors (Lipinski definition) is 4. The van der Waals surface area contributed by atoms with Gasteiger partial charge in [0.2, 0.25) is 0 Å². The van der Waals surface area contributed by atoms with Crippen LogP contribution in [-0.4, -0.2) is 17.0 Å².